The van der Waals surface area contributed by atoms with Gasteiger partial charge in [0.05, 0.1) is 19.3 Å². The van der Waals surface area contributed by atoms with Crippen molar-refractivity contribution in [3.63, 3.8) is 0 Å². The summed E-state index contributed by atoms with van der Waals surface area (Å²) in [4.78, 5) is 26.6. The van der Waals surface area contributed by atoms with Crippen LogP contribution in [0.4, 0.5) is 0 Å². The van der Waals surface area contributed by atoms with Gasteiger partial charge in [0.1, 0.15) is 11.3 Å². The lowest BCUT2D eigenvalue weighted by Gasteiger charge is -2.24. The predicted molar refractivity (Wildman–Crippen MR) is 146 cm³/mol. The Morgan fingerprint density at radius 2 is 1.73 bits per heavy atom. The third kappa shape index (κ3) is 7.13. The molecular formula is C30H40N2O5. The molecule has 1 aliphatic heterocycles. The van der Waals surface area contributed by atoms with Gasteiger partial charge in [0.25, 0.3) is 0 Å². The average molecular weight is 509 g/mol. The molecule has 3 unspecified atom stereocenters. The van der Waals surface area contributed by atoms with Crippen LogP contribution >= 0.6 is 0 Å². The van der Waals surface area contributed by atoms with E-state index < -0.39 is 11.9 Å². The van der Waals surface area contributed by atoms with Gasteiger partial charge in [0.2, 0.25) is 6.41 Å². The zero-order chi connectivity index (χ0) is 26.8. The third-order valence-electron chi connectivity index (χ3n) is 7.13. The minimum absolute atomic E-state index is 0.0981. The van der Waals surface area contributed by atoms with Crippen molar-refractivity contribution in [2.24, 2.45) is 5.92 Å². The fraction of sp³-hybridized carbons (Fsp3) is 0.467. The number of likely N-dealkylation sites (tertiary alicyclic amines) is 1. The maximum Gasteiger partial charge on any atom is 0.309 e. The Balaban J connectivity index is 0.000000295. The Bertz CT molecular complexity index is 1120. The monoisotopic (exact) mass is 508 g/mol. The van der Waals surface area contributed by atoms with Crippen molar-refractivity contribution in [3.8, 4) is 5.75 Å². The van der Waals surface area contributed by atoms with Crippen LogP contribution < -0.4 is 4.74 Å². The van der Waals surface area contributed by atoms with Gasteiger partial charge in [-0.25, -0.2) is 0 Å². The zero-order valence-electron chi connectivity index (χ0n) is 22.4. The second-order valence-corrected chi connectivity index (χ2v) is 9.69. The maximum absolute atomic E-state index is 12.2. The van der Waals surface area contributed by atoms with Crippen molar-refractivity contribution in [1.29, 1.82) is 0 Å². The molecule has 3 aromatic rings. The lowest BCUT2D eigenvalue weighted by molar-refractivity contribution is -0.143. The van der Waals surface area contributed by atoms with Gasteiger partial charge in [0.15, 0.2) is 0 Å². The van der Waals surface area contributed by atoms with E-state index in [4.69, 9.17) is 9.15 Å². The Morgan fingerprint density at radius 1 is 1.08 bits per heavy atom. The third-order valence-corrected chi connectivity index (χ3v) is 7.13. The van der Waals surface area contributed by atoms with Crippen LogP contribution in [-0.4, -0.2) is 61.1 Å². The fourth-order valence-electron chi connectivity index (χ4n) is 5.06. The van der Waals surface area contributed by atoms with Gasteiger partial charge in [-0.1, -0.05) is 51.0 Å². The minimum Gasteiger partial charge on any atom is -0.497 e. The van der Waals surface area contributed by atoms with Crippen LogP contribution in [0.25, 0.3) is 11.0 Å². The number of likely N-dealkylation sites (N-methyl/N-ethyl adjacent to an activating group) is 1. The van der Waals surface area contributed by atoms with E-state index in [1.165, 1.54) is 0 Å². The first-order chi connectivity index (χ1) is 17.9. The number of nitrogens with zero attached hydrogens (tertiary/aromatic N) is 2. The van der Waals surface area contributed by atoms with Crippen LogP contribution in [0.2, 0.25) is 0 Å². The molecule has 4 rings (SSSR count). The fourth-order valence-corrected chi connectivity index (χ4v) is 5.06. The van der Waals surface area contributed by atoms with E-state index in [0.29, 0.717) is 6.54 Å². The molecule has 7 nitrogen and oxygen atoms in total. The van der Waals surface area contributed by atoms with Gasteiger partial charge in [-0.15, -0.1) is 0 Å². The molecule has 1 fully saturated rings. The summed E-state index contributed by atoms with van der Waals surface area (Å²) in [6.45, 7) is 6.82. The van der Waals surface area contributed by atoms with Gasteiger partial charge < -0.3 is 19.2 Å². The number of methoxy groups -OCH3 is 1. The second-order valence-electron chi connectivity index (χ2n) is 9.69. The molecule has 2 heterocycles. The topological polar surface area (TPSA) is 83.2 Å². The van der Waals surface area contributed by atoms with Gasteiger partial charge in [-0.3, -0.25) is 14.5 Å². The number of hydrogen-bond donors (Lipinski definition) is 1. The summed E-state index contributed by atoms with van der Waals surface area (Å²) in [6.07, 6.45) is 7.20. The van der Waals surface area contributed by atoms with Crippen LogP contribution in [0.1, 0.15) is 62.6 Å². The highest BCUT2D eigenvalue weighted by Crippen LogP contribution is 2.45. The van der Waals surface area contributed by atoms with E-state index in [0.717, 1.165) is 73.0 Å². The summed E-state index contributed by atoms with van der Waals surface area (Å²) >= 11 is 0. The average Bonchev–Trinajstić information content (AvgIpc) is 3.53. The predicted octanol–water partition coefficient (Wildman–Crippen LogP) is 5.96. The van der Waals surface area contributed by atoms with Gasteiger partial charge in [0, 0.05) is 37.0 Å². The van der Waals surface area contributed by atoms with E-state index >= 15 is 0 Å². The number of carbonyl (C=O) groups excluding carboxylic acids is 1. The number of amides is 1. The molecule has 0 spiro atoms. The Labute approximate surface area is 220 Å². The molecule has 7 heteroatoms. The zero-order valence-corrected chi connectivity index (χ0v) is 22.4. The largest absolute Gasteiger partial charge is 0.497 e. The number of carboxylic acid groups (broad SMARTS) is 1. The molecule has 0 radical (unpaired) electrons. The van der Waals surface area contributed by atoms with Crippen LogP contribution in [0.15, 0.2) is 59.2 Å². The number of carboxylic acids is 1. The molecule has 0 aliphatic carbocycles. The number of fused-ring (bicyclic) bond motifs is 1. The van der Waals surface area contributed by atoms with Crippen molar-refractivity contribution in [2.75, 3.05) is 33.8 Å². The number of unbranched alkanes of at least 4 members (excludes halogenated alkanes) is 2. The van der Waals surface area contributed by atoms with Crippen molar-refractivity contribution in [2.45, 2.75) is 51.5 Å². The van der Waals surface area contributed by atoms with Crippen LogP contribution in [0.3, 0.4) is 0 Å². The molecule has 1 aromatic heterocycles. The standard InChI is InChI=1S/C21H21NO4.C9H19NO/c1-22-12-17(15-4-3-13-9-10-26-18(13)11-15)19(21(23)24)20(22)14-5-7-16(25-2)8-6-14;1-3-5-7-10(9-11)8-6-4-2/h3-11,17,19-20H,12H2,1-2H3,(H,23,24);9H,3-8H2,1-2H3. The molecule has 1 aliphatic rings. The first-order valence-electron chi connectivity index (χ1n) is 13.2. The number of furan rings is 1. The van der Waals surface area contributed by atoms with Crippen molar-refractivity contribution in [3.05, 3.63) is 65.9 Å². The Hall–Kier alpha value is -3.32. The molecule has 37 heavy (non-hydrogen) atoms. The lowest BCUT2D eigenvalue weighted by atomic mass is 9.82. The smallest absolute Gasteiger partial charge is 0.309 e. The van der Waals surface area contributed by atoms with Gasteiger partial charge in [-0.05, 0) is 55.3 Å². The molecule has 3 atom stereocenters. The van der Waals surface area contributed by atoms with Crippen LogP contribution in [0.5, 0.6) is 5.75 Å². The van der Waals surface area contributed by atoms with E-state index in [1.807, 2.05) is 60.5 Å². The summed E-state index contributed by atoms with van der Waals surface area (Å²) in [5.74, 6) is -0.638. The van der Waals surface area contributed by atoms with Crippen molar-refractivity contribution in [1.82, 2.24) is 9.80 Å². The van der Waals surface area contributed by atoms with Crippen LogP contribution in [-0.2, 0) is 9.59 Å². The number of hydrogen-bond acceptors (Lipinski definition) is 5. The molecule has 1 saturated heterocycles. The number of aliphatic carboxylic acids is 1. The van der Waals surface area contributed by atoms with Crippen LogP contribution in [0, 0.1) is 5.92 Å². The maximum atomic E-state index is 12.2. The number of ether oxygens (including phenoxy) is 1. The molecule has 1 amide bonds. The van der Waals surface area contributed by atoms with E-state index in [-0.39, 0.29) is 12.0 Å². The number of rotatable bonds is 11. The summed E-state index contributed by atoms with van der Waals surface area (Å²) in [5.41, 5.74) is 2.78. The lowest BCUT2D eigenvalue weighted by Crippen LogP contribution is -2.26. The highest BCUT2D eigenvalue weighted by molar-refractivity contribution is 5.79. The highest BCUT2D eigenvalue weighted by atomic mass is 16.5. The molecule has 1 N–H and O–H groups in total. The van der Waals surface area contributed by atoms with E-state index in [2.05, 4.69) is 18.7 Å². The first-order valence-corrected chi connectivity index (χ1v) is 13.2. The first kappa shape index (κ1) is 28.3. The van der Waals surface area contributed by atoms with E-state index in [1.54, 1.807) is 13.4 Å². The second kappa shape index (κ2) is 13.8. The molecule has 2 aromatic carbocycles. The highest BCUT2D eigenvalue weighted by Gasteiger charge is 2.45. The number of benzene rings is 2. The summed E-state index contributed by atoms with van der Waals surface area (Å²) < 4.78 is 10.7. The Morgan fingerprint density at radius 3 is 2.30 bits per heavy atom. The van der Waals surface area contributed by atoms with Gasteiger partial charge in [-0.2, -0.15) is 0 Å². The number of carbonyl (C=O) groups is 2. The summed E-state index contributed by atoms with van der Waals surface area (Å²) in [7, 11) is 3.60. The summed E-state index contributed by atoms with van der Waals surface area (Å²) in [5, 5.41) is 11.0. The molecule has 0 bridgehead atoms. The SMILES string of the molecule is CCCCN(C=O)CCCC.COc1ccc(C2C(C(=O)O)C(c3ccc4ccoc4c3)CN2C)cc1. The van der Waals surface area contributed by atoms with Gasteiger partial charge >= 0.3 is 5.97 Å². The van der Waals surface area contributed by atoms with E-state index in [9.17, 15) is 14.7 Å². The normalized spacial score (nSPS) is 19.3. The molecule has 200 valence electrons. The summed E-state index contributed by atoms with van der Waals surface area (Å²) in [6, 6.07) is 15.4. The molecule has 0 saturated carbocycles. The quantitative estimate of drug-likeness (QED) is 0.322. The minimum atomic E-state index is -0.778. The Kier molecular flexibility index (Phi) is 10.6. The molecular weight excluding hydrogens is 468 g/mol. The van der Waals surface area contributed by atoms with Crippen molar-refractivity contribution < 1.29 is 23.8 Å². The van der Waals surface area contributed by atoms with Crippen molar-refractivity contribution >= 4 is 23.3 Å².